The first-order valence-corrected chi connectivity index (χ1v) is 7.55. The molecule has 7 heteroatoms. The first kappa shape index (κ1) is 14.8. The topological polar surface area (TPSA) is 74.0 Å². The molecule has 2 aromatic heterocycles. The lowest BCUT2D eigenvalue weighted by atomic mass is 9.98. The van der Waals surface area contributed by atoms with Crippen molar-refractivity contribution in [3.05, 3.63) is 29.7 Å². The van der Waals surface area contributed by atoms with Crippen molar-refractivity contribution in [2.45, 2.75) is 32.9 Å². The van der Waals surface area contributed by atoms with Crippen LogP contribution >= 0.6 is 0 Å². The minimum atomic E-state index is -0.243. The van der Waals surface area contributed by atoms with Crippen LogP contribution in [0.15, 0.2) is 18.3 Å². The van der Waals surface area contributed by atoms with Crippen molar-refractivity contribution in [1.82, 2.24) is 19.6 Å². The molecule has 1 aliphatic heterocycles. The van der Waals surface area contributed by atoms with Crippen LogP contribution in [-0.4, -0.2) is 32.1 Å². The number of aromatic nitrogens is 4. The van der Waals surface area contributed by atoms with Crippen LogP contribution in [-0.2, 0) is 23.1 Å². The molecule has 2 atom stereocenters. The molecule has 118 valence electrons. The Bertz CT molecular complexity index is 656. The lowest BCUT2D eigenvalue weighted by molar-refractivity contribution is -0.121. The minimum absolute atomic E-state index is 0.0514. The van der Waals surface area contributed by atoms with E-state index in [2.05, 4.69) is 15.5 Å². The first-order valence-electron chi connectivity index (χ1n) is 7.55. The predicted molar refractivity (Wildman–Crippen MR) is 81.3 cm³/mol. The Morgan fingerprint density at radius 1 is 1.55 bits per heavy atom. The summed E-state index contributed by atoms with van der Waals surface area (Å²) in [6, 6.07) is 3.78. The zero-order valence-corrected chi connectivity index (χ0v) is 13.1. The molecular formula is C15H21N5O2. The van der Waals surface area contributed by atoms with E-state index in [1.54, 1.807) is 10.9 Å². The molecule has 22 heavy (non-hydrogen) atoms. The highest BCUT2D eigenvalue weighted by atomic mass is 16.5. The van der Waals surface area contributed by atoms with E-state index in [9.17, 15) is 4.79 Å². The van der Waals surface area contributed by atoms with Crippen LogP contribution in [0.3, 0.4) is 0 Å². The van der Waals surface area contributed by atoms with Crippen LogP contribution < -0.4 is 5.32 Å². The van der Waals surface area contributed by atoms with Gasteiger partial charge in [0.05, 0.1) is 11.6 Å². The summed E-state index contributed by atoms with van der Waals surface area (Å²) in [4.78, 5) is 12.6. The summed E-state index contributed by atoms with van der Waals surface area (Å²) in [6.07, 6.45) is 2.21. The molecule has 3 heterocycles. The number of amides is 1. The molecule has 0 bridgehead atoms. The fourth-order valence-electron chi connectivity index (χ4n) is 2.84. The van der Waals surface area contributed by atoms with E-state index in [0.29, 0.717) is 18.8 Å². The van der Waals surface area contributed by atoms with E-state index in [0.717, 1.165) is 17.9 Å². The van der Waals surface area contributed by atoms with Gasteiger partial charge in [0.15, 0.2) is 5.82 Å². The third-order valence-electron chi connectivity index (χ3n) is 4.13. The van der Waals surface area contributed by atoms with Crippen LogP contribution in [0.2, 0.25) is 0 Å². The Labute approximate surface area is 129 Å². The Morgan fingerprint density at radius 2 is 2.36 bits per heavy atom. The van der Waals surface area contributed by atoms with Gasteiger partial charge in [0, 0.05) is 38.2 Å². The van der Waals surface area contributed by atoms with Gasteiger partial charge in [-0.15, -0.1) is 0 Å². The number of nitrogens with one attached hydrogen (secondary N) is 1. The highest BCUT2D eigenvalue weighted by molar-refractivity contribution is 5.92. The SMILES string of the molecule is CCn1nccc1[C@@H]1OCC[C@H]1C(=O)Nc1cc(C)n(C)n1. The van der Waals surface area contributed by atoms with E-state index < -0.39 is 0 Å². The second-order valence-corrected chi connectivity index (χ2v) is 5.54. The minimum Gasteiger partial charge on any atom is -0.371 e. The number of ether oxygens (including phenoxy) is 1. The zero-order valence-electron chi connectivity index (χ0n) is 13.1. The van der Waals surface area contributed by atoms with Gasteiger partial charge in [0.2, 0.25) is 5.91 Å². The molecule has 0 aliphatic carbocycles. The number of aryl methyl sites for hydroxylation is 3. The molecule has 0 saturated carbocycles. The summed E-state index contributed by atoms with van der Waals surface area (Å²) in [7, 11) is 1.85. The molecule has 1 aliphatic rings. The first-order chi connectivity index (χ1) is 10.6. The maximum atomic E-state index is 12.6. The van der Waals surface area contributed by atoms with E-state index in [1.165, 1.54) is 0 Å². The number of hydrogen-bond acceptors (Lipinski definition) is 4. The second-order valence-electron chi connectivity index (χ2n) is 5.54. The average molecular weight is 303 g/mol. The molecule has 1 saturated heterocycles. The van der Waals surface area contributed by atoms with Gasteiger partial charge < -0.3 is 10.1 Å². The van der Waals surface area contributed by atoms with Gasteiger partial charge in [0.25, 0.3) is 0 Å². The van der Waals surface area contributed by atoms with Gasteiger partial charge in [-0.25, -0.2) is 0 Å². The fraction of sp³-hybridized carbons (Fsp3) is 0.533. The van der Waals surface area contributed by atoms with Gasteiger partial charge in [-0.1, -0.05) is 0 Å². The second kappa shape index (κ2) is 5.92. The van der Waals surface area contributed by atoms with E-state index in [1.807, 2.05) is 37.7 Å². The molecule has 0 unspecified atom stereocenters. The van der Waals surface area contributed by atoms with Gasteiger partial charge in [-0.3, -0.25) is 14.2 Å². The summed E-state index contributed by atoms with van der Waals surface area (Å²) >= 11 is 0. The van der Waals surface area contributed by atoms with Crippen molar-refractivity contribution < 1.29 is 9.53 Å². The predicted octanol–water partition coefficient (Wildman–Crippen LogP) is 1.66. The van der Waals surface area contributed by atoms with Crippen molar-refractivity contribution in [2.75, 3.05) is 11.9 Å². The molecule has 1 amide bonds. The van der Waals surface area contributed by atoms with E-state index in [-0.39, 0.29) is 17.9 Å². The standard InChI is InChI=1S/C15H21N5O2/c1-4-20-12(5-7-16-20)14-11(6-8-22-14)15(21)17-13-9-10(2)19(3)18-13/h5,7,9,11,14H,4,6,8H2,1-3H3,(H,17,18,21)/t11-,14-/m1/s1. The van der Waals surface area contributed by atoms with Gasteiger partial charge in [-0.05, 0) is 26.3 Å². The van der Waals surface area contributed by atoms with Crippen LogP contribution in [0.5, 0.6) is 0 Å². The van der Waals surface area contributed by atoms with Crippen molar-refractivity contribution >= 4 is 11.7 Å². The van der Waals surface area contributed by atoms with E-state index in [4.69, 9.17) is 4.74 Å². The summed E-state index contributed by atoms with van der Waals surface area (Å²) in [5.41, 5.74) is 1.95. The van der Waals surface area contributed by atoms with Crippen LogP contribution in [0, 0.1) is 12.8 Å². The van der Waals surface area contributed by atoms with Crippen molar-refractivity contribution in [1.29, 1.82) is 0 Å². The maximum absolute atomic E-state index is 12.6. The van der Waals surface area contributed by atoms with Crippen LogP contribution in [0.1, 0.15) is 30.8 Å². The Hall–Kier alpha value is -2.15. The number of nitrogens with zero attached hydrogens (tertiary/aromatic N) is 4. The molecule has 2 aromatic rings. The molecule has 1 N–H and O–H groups in total. The fourth-order valence-corrected chi connectivity index (χ4v) is 2.84. The number of rotatable bonds is 4. The third kappa shape index (κ3) is 2.64. The van der Waals surface area contributed by atoms with Crippen molar-refractivity contribution in [2.24, 2.45) is 13.0 Å². The van der Waals surface area contributed by atoms with Gasteiger partial charge in [0.1, 0.15) is 6.10 Å². The average Bonchev–Trinajstić information content (AvgIpc) is 3.19. The summed E-state index contributed by atoms with van der Waals surface area (Å²) < 4.78 is 9.41. The quantitative estimate of drug-likeness (QED) is 0.932. The number of carbonyl (C=O) groups excluding carboxylic acids is 1. The summed E-state index contributed by atoms with van der Waals surface area (Å²) in [5, 5.41) is 11.4. The van der Waals surface area contributed by atoms with Crippen LogP contribution in [0.4, 0.5) is 5.82 Å². The lowest BCUT2D eigenvalue weighted by Gasteiger charge is -2.18. The Balaban J connectivity index is 1.76. The molecule has 7 nitrogen and oxygen atoms in total. The molecule has 0 radical (unpaired) electrons. The number of carbonyl (C=O) groups is 1. The van der Waals surface area contributed by atoms with Crippen molar-refractivity contribution in [3.8, 4) is 0 Å². The Kier molecular flexibility index (Phi) is 3.98. The van der Waals surface area contributed by atoms with Crippen LogP contribution in [0.25, 0.3) is 0 Å². The normalized spacial score (nSPS) is 21.2. The smallest absolute Gasteiger partial charge is 0.231 e. The summed E-state index contributed by atoms with van der Waals surface area (Å²) in [5.74, 6) is 0.313. The van der Waals surface area contributed by atoms with Crippen molar-refractivity contribution in [3.63, 3.8) is 0 Å². The molecule has 3 rings (SSSR count). The highest BCUT2D eigenvalue weighted by Crippen LogP contribution is 2.35. The summed E-state index contributed by atoms with van der Waals surface area (Å²) in [6.45, 7) is 5.32. The maximum Gasteiger partial charge on any atom is 0.231 e. The monoisotopic (exact) mass is 303 g/mol. The largest absolute Gasteiger partial charge is 0.371 e. The molecule has 0 spiro atoms. The number of hydrogen-bond donors (Lipinski definition) is 1. The molecular weight excluding hydrogens is 282 g/mol. The highest BCUT2D eigenvalue weighted by Gasteiger charge is 2.37. The molecule has 1 fully saturated rings. The zero-order chi connectivity index (χ0) is 15.7. The van der Waals surface area contributed by atoms with E-state index >= 15 is 0 Å². The van der Waals surface area contributed by atoms with Gasteiger partial charge >= 0.3 is 0 Å². The third-order valence-corrected chi connectivity index (χ3v) is 4.13. The molecule has 0 aromatic carbocycles. The Morgan fingerprint density at radius 3 is 3.05 bits per heavy atom. The lowest BCUT2D eigenvalue weighted by Crippen LogP contribution is -2.26. The van der Waals surface area contributed by atoms with Gasteiger partial charge in [-0.2, -0.15) is 10.2 Å². The number of anilines is 1.